The van der Waals surface area contributed by atoms with Gasteiger partial charge in [-0.05, 0) is 35.7 Å². The predicted octanol–water partition coefficient (Wildman–Crippen LogP) is 3.28. The summed E-state index contributed by atoms with van der Waals surface area (Å²) >= 11 is 0. The van der Waals surface area contributed by atoms with Gasteiger partial charge < -0.3 is 4.89 Å². The molecule has 0 bridgehead atoms. The van der Waals surface area contributed by atoms with Gasteiger partial charge in [0.2, 0.25) is 13.3 Å². The van der Waals surface area contributed by atoms with E-state index in [2.05, 4.69) is 15.1 Å². The van der Waals surface area contributed by atoms with Gasteiger partial charge in [-0.15, -0.1) is 0 Å². The molecule has 1 unspecified atom stereocenters. The van der Waals surface area contributed by atoms with Crippen molar-refractivity contribution in [2.75, 3.05) is 6.66 Å². The molecule has 0 saturated heterocycles. The Kier molecular flexibility index (Phi) is 6.49. The molecule has 2 heterocycles. The monoisotopic (exact) mass is 462 g/mol. The minimum atomic E-state index is -3.34. The second kappa shape index (κ2) is 9.48. The zero-order chi connectivity index (χ0) is 23.4. The van der Waals surface area contributed by atoms with E-state index in [-0.39, 0.29) is 29.6 Å². The molecule has 2 N–H and O–H groups in total. The molecule has 4 rings (SSSR count). The molecule has 0 aliphatic carbocycles. The van der Waals surface area contributed by atoms with Crippen molar-refractivity contribution in [3.8, 4) is 5.95 Å². The van der Waals surface area contributed by atoms with Crippen molar-refractivity contribution in [1.82, 2.24) is 19.7 Å². The third kappa shape index (κ3) is 5.25. The van der Waals surface area contributed by atoms with Crippen molar-refractivity contribution < 1.29 is 14.3 Å². The van der Waals surface area contributed by atoms with Crippen molar-refractivity contribution >= 4 is 18.5 Å². The van der Waals surface area contributed by atoms with E-state index >= 15 is 0 Å². The van der Waals surface area contributed by atoms with E-state index in [0.717, 1.165) is 11.1 Å². The summed E-state index contributed by atoms with van der Waals surface area (Å²) in [6, 6.07) is 18.4. The maximum Gasteiger partial charge on any atom is 0.263 e. The molecule has 2 atom stereocenters. The molecule has 0 aliphatic heterocycles. The van der Waals surface area contributed by atoms with Crippen molar-refractivity contribution in [1.29, 1.82) is 0 Å². The molecule has 0 aliphatic rings. The maximum absolute atomic E-state index is 12.9. The highest BCUT2D eigenvalue weighted by Crippen LogP contribution is 2.35. The first-order valence-corrected chi connectivity index (χ1v) is 12.5. The first-order chi connectivity index (χ1) is 15.8. The Hall–Kier alpha value is -3.61. The van der Waals surface area contributed by atoms with Crippen LogP contribution in [0.4, 0.5) is 0 Å². The van der Waals surface area contributed by atoms with Gasteiger partial charge in [-0.3, -0.25) is 19.1 Å². The number of aromatic nitrogens is 4. The molecule has 2 aromatic carbocycles. The SMILES string of the molecule is CP(=O)(O)c1ccc([C@@H](CCC(=O)c2cnc(-n3cccn3)[nH]c2=O)c2ccccc2)cc1. The van der Waals surface area contributed by atoms with Crippen molar-refractivity contribution in [2.45, 2.75) is 18.8 Å². The molecule has 0 saturated carbocycles. The van der Waals surface area contributed by atoms with E-state index < -0.39 is 12.9 Å². The van der Waals surface area contributed by atoms with Gasteiger partial charge in [-0.25, -0.2) is 9.67 Å². The number of H-pyrrole nitrogens is 1. The Morgan fingerprint density at radius 3 is 2.39 bits per heavy atom. The van der Waals surface area contributed by atoms with Crippen LogP contribution in [0, 0.1) is 0 Å². The number of hydrogen-bond donors (Lipinski definition) is 2. The second-order valence-electron chi connectivity index (χ2n) is 7.80. The van der Waals surface area contributed by atoms with E-state index in [9.17, 15) is 19.0 Å². The topological polar surface area (TPSA) is 118 Å². The second-order valence-corrected chi connectivity index (χ2v) is 10.1. The van der Waals surface area contributed by atoms with Gasteiger partial charge in [0.15, 0.2) is 5.78 Å². The predicted molar refractivity (Wildman–Crippen MR) is 126 cm³/mol. The quantitative estimate of drug-likeness (QED) is 0.307. The summed E-state index contributed by atoms with van der Waals surface area (Å²) in [5.41, 5.74) is 1.43. The number of nitrogens with one attached hydrogen (secondary N) is 1. The van der Waals surface area contributed by atoms with Crippen LogP contribution in [0.3, 0.4) is 0 Å². The summed E-state index contributed by atoms with van der Waals surface area (Å²) in [6.45, 7) is 1.30. The fourth-order valence-corrected chi connectivity index (χ4v) is 4.40. The first kappa shape index (κ1) is 22.6. The summed E-state index contributed by atoms with van der Waals surface area (Å²) in [6.07, 6.45) is 5.09. The Bertz CT molecular complexity index is 1340. The number of aromatic amines is 1. The highest BCUT2D eigenvalue weighted by Gasteiger charge is 2.20. The lowest BCUT2D eigenvalue weighted by atomic mass is 9.86. The lowest BCUT2D eigenvalue weighted by molar-refractivity contribution is 0.0976. The number of Topliss-reactive ketones (excluding diaryl/α,β-unsaturated/α-hetero) is 1. The van der Waals surface area contributed by atoms with Gasteiger partial charge in [0.05, 0.1) is 0 Å². The van der Waals surface area contributed by atoms with Crippen LogP contribution in [0.1, 0.15) is 40.2 Å². The maximum atomic E-state index is 12.9. The molecule has 0 fully saturated rings. The molecule has 9 heteroatoms. The minimum Gasteiger partial charge on any atom is -0.341 e. The fraction of sp³-hybridized carbons (Fsp3) is 0.167. The van der Waals surface area contributed by atoms with Gasteiger partial charge >= 0.3 is 0 Å². The Morgan fingerprint density at radius 1 is 1.09 bits per heavy atom. The van der Waals surface area contributed by atoms with E-state index in [1.54, 1.807) is 30.6 Å². The first-order valence-electron chi connectivity index (χ1n) is 10.4. The molecule has 2 aromatic heterocycles. The summed E-state index contributed by atoms with van der Waals surface area (Å²) in [5, 5.41) is 4.39. The Labute approximate surface area is 190 Å². The number of rotatable bonds is 8. The van der Waals surface area contributed by atoms with E-state index in [1.165, 1.54) is 17.5 Å². The van der Waals surface area contributed by atoms with E-state index in [4.69, 9.17) is 0 Å². The van der Waals surface area contributed by atoms with Crippen molar-refractivity contribution in [2.24, 2.45) is 0 Å². The lowest BCUT2D eigenvalue weighted by Gasteiger charge is -2.18. The average molecular weight is 462 g/mol. The number of hydrogen-bond acceptors (Lipinski definition) is 5. The van der Waals surface area contributed by atoms with Crippen LogP contribution in [-0.2, 0) is 4.57 Å². The summed E-state index contributed by atoms with van der Waals surface area (Å²) in [5.74, 6) is -0.183. The van der Waals surface area contributed by atoms with Gasteiger partial charge in [0.25, 0.3) is 5.56 Å². The smallest absolute Gasteiger partial charge is 0.263 e. The molecule has 33 heavy (non-hydrogen) atoms. The highest BCUT2D eigenvalue weighted by molar-refractivity contribution is 7.65. The van der Waals surface area contributed by atoms with Crippen LogP contribution in [-0.4, -0.2) is 37.1 Å². The minimum absolute atomic E-state index is 0.000248. The Morgan fingerprint density at radius 2 is 1.79 bits per heavy atom. The molecule has 0 spiro atoms. The van der Waals surface area contributed by atoms with Crippen molar-refractivity contribution in [3.05, 3.63) is 106 Å². The van der Waals surface area contributed by atoms with Gasteiger partial charge in [-0.2, -0.15) is 5.10 Å². The molecule has 4 aromatic rings. The van der Waals surface area contributed by atoms with Crippen LogP contribution in [0.25, 0.3) is 5.95 Å². The lowest BCUT2D eigenvalue weighted by Crippen LogP contribution is -2.21. The van der Waals surface area contributed by atoms with Crippen molar-refractivity contribution in [3.63, 3.8) is 0 Å². The fourth-order valence-electron chi connectivity index (χ4n) is 3.70. The third-order valence-electron chi connectivity index (χ3n) is 5.44. The number of benzene rings is 2. The van der Waals surface area contributed by atoms with Gasteiger partial charge in [-0.1, -0.05) is 42.5 Å². The van der Waals surface area contributed by atoms with Gasteiger partial charge in [0, 0.05) is 42.9 Å². The summed E-state index contributed by atoms with van der Waals surface area (Å²) < 4.78 is 13.3. The molecule has 8 nitrogen and oxygen atoms in total. The third-order valence-corrected chi connectivity index (χ3v) is 6.70. The molecule has 0 radical (unpaired) electrons. The zero-order valence-corrected chi connectivity index (χ0v) is 18.9. The number of nitrogens with zero attached hydrogens (tertiary/aromatic N) is 3. The van der Waals surface area contributed by atoms with Gasteiger partial charge in [0.1, 0.15) is 5.56 Å². The molecular formula is C24H23N4O4P. The summed E-state index contributed by atoms with van der Waals surface area (Å²) in [4.78, 5) is 41.9. The number of carbonyl (C=O) groups excluding carboxylic acids is 1. The van der Waals surface area contributed by atoms with E-state index in [0.29, 0.717) is 11.7 Å². The standard InChI is InChI=1S/C24H23N4O4P/c1-33(31,32)19-10-8-18(9-11-19)20(17-6-3-2-4-7-17)12-13-22(29)21-16-25-24(27-23(21)30)28-15-5-14-26-28/h2-11,14-16,20H,12-13H2,1H3,(H,31,32)(H,25,27,30)/t20-/m0/s1. The largest absolute Gasteiger partial charge is 0.341 e. The molecule has 0 amide bonds. The van der Waals surface area contributed by atoms with Crippen LogP contribution >= 0.6 is 7.37 Å². The van der Waals surface area contributed by atoms with Crippen LogP contribution in [0.2, 0.25) is 0 Å². The van der Waals surface area contributed by atoms with Crippen LogP contribution in [0.15, 0.2) is 84.0 Å². The summed E-state index contributed by atoms with van der Waals surface area (Å²) in [7, 11) is -3.34. The number of carbonyl (C=O) groups is 1. The molecule has 168 valence electrons. The Balaban J connectivity index is 1.56. The normalized spacial score (nSPS) is 13.9. The van der Waals surface area contributed by atoms with Crippen LogP contribution in [0.5, 0.6) is 0 Å². The van der Waals surface area contributed by atoms with Crippen LogP contribution < -0.4 is 10.9 Å². The zero-order valence-electron chi connectivity index (χ0n) is 18.0. The number of ketones is 1. The highest BCUT2D eigenvalue weighted by atomic mass is 31.2. The molecular weight excluding hydrogens is 439 g/mol. The van der Waals surface area contributed by atoms with E-state index in [1.807, 2.05) is 42.5 Å². The average Bonchev–Trinajstić information content (AvgIpc) is 3.34.